The van der Waals surface area contributed by atoms with Crippen LogP contribution in [0.1, 0.15) is 18.4 Å². The Morgan fingerprint density at radius 1 is 1.45 bits per heavy atom. The molecule has 1 aromatic rings. The Hall–Kier alpha value is -1.42. The van der Waals surface area contributed by atoms with Gasteiger partial charge in [-0.3, -0.25) is 0 Å². The average Bonchev–Trinajstić information content (AvgIpc) is 2.48. The van der Waals surface area contributed by atoms with Crippen LogP contribution < -0.4 is 0 Å². The number of nitriles is 1. The van der Waals surface area contributed by atoms with Crippen molar-refractivity contribution in [1.29, 1.82) is 5.26 Å². The van der Waals surface area contributed by atoms with E-state index in [1.54, 1.807) is 0 Å². The van der Waals surface area contributed by atoms with Gasteiger partial charge in [-0.15, -0.1) is 0 Å². The highest BCUT2D eigenvalue weighted by atomic mass is 32.2. The molecule has 1 fully saturated rings. The van der Waals surface area contributed by atoms with Gasteiger partial charge in [0.15, 0.2) is 6.10 Å². The van der Waals surface area contributed by atoms with Crippen LogP contribution in [0.3, 0.4) is 0 Å². The highest BCUT2D eigenvalue weighted by Crippen LogP contribution is 2.20. The van der Waals surface area contributed by atoms with Gasteiger partial charge < -0.3 is 4.74 Å². The average molecular weight is 294 g/mol. The molecule has 2 unspecified atom stereocenters. The summed E-state index contributed by atoms with van der Waals surface area (Å²) in [7, 11) is -3.37. The van der Waals surface area contributed by atoms with Crippen molar-refractivity contribution in [3.63, 3.8) is 0 Å². The number of sulfonamides is 1. The molecule has 1 saturated heterocycles. The Morgan fingerprint density at radius 3 is 2.80 bits per heavy atom. The molecule has 1 heterocycles. The second-order valence-corrected chi connectivity index (χ2v) is 6.95. The molecule has 1 aromatic carbocycles. The molecule has 5 nitrogen and oxygen atoms in total. The highest BCUT2D eigenvalue weighted by Gasteiger charge is 2.30. The van der Waals surface area contributed by atoms with Crippen molar-refractivity contribution in [2.45, 2.75) is 18.9 Å². The van der Waals surface area contributed by atoms with Crippen LogP contribution in [0, 0.1) is 11.3 Å². The second kappa shape index (κ2) is 6.35. The van der Waals surface area contributed by atoms with Gasteiger partial charge >= 0.3 is 0 Å². The van der Waals surface area contributed by atoms with E-state index in [4.69, 9.17) is 10.00 Å². The largest absolute Gasteiger partial charge is 0.361 e. The topological polar surface area (TPSA) is 70.4 Å². The maximum Gasteiger partial charge on any atom is 0.214 e. The van der Waals surface area contributed by atoms with Crippen molar-refractivity contribution in [2.75, 3.05) is 25.4 Å². The quantitative estimate of drug-likeness (QED) is 0.840. The van der Waals surface area contributed by atoms with Crippen molar-refractivity contribution in [3.05, 3.63) is 35.9 Å². The van der Waals surface area contributed by atoms with Gasteiger partial charge in [-0.05, 0) is 11.5 Å². The molecule has 0 N–H and O–H groups in total. The van der Waals surface area contributed by atoms with E-state index < -0.39 is 16.1 Å². The lowest BCUT2D eigenvalue weighted by atomic mass is 10.0. The minimum absolute atomic E-state index is 0.0508. The van der Waals surface area contributed by atoms with E-state index in [0.717, 1.165) is 5.56 Å². The summed E-state index contributed by atoms with van der Waals surface area (Å²) in [4.78, 5) is 0. The second-order valence-electron chi connectivity index (χ2n) is 4.94. The summed E-state index contributed by atoms with van der Waals surface area (Å²) < 4.78 is 31.3. The first kappa shape index (κ1) is 15.0. The molecule has 2 atom stereocenters. The molecule has 108 valence electrons. The molecule has 0 aromatic heterocycles. The molecule has 0 spiro atoms. The Kier molecular flexibility index (Phi) is 4.76. The van der Waals surface area contributed by atoms with Crippen molar-refractivity contribution < 1.29 is 13.2 Å². The number of hydrogen-bond donors (Lipinski definition) is 0. The van der Waals surface area contributed by atoms with E-state index in [2.05, 4.69) is 0 Å². The Morgan fingerprint density at radius 2 is 2.15 bits per heavy atom. The van der Waals surface area contributed by atoms with E-state index in [1.165, 1.54) is 4.31 Å². The molecule has 2 rings (SSSR count). The van der Waals surface area contributed by atoms with Crippen LogP contribution in [0.5, 0.6) is 0 Å². The molecule has 0 saturated carbocycles. The molecular formula is C14H18N2O3S. The van der Waals surface area contributed by atoms with Gasteiger partial charge in [0, 0.05) is 6.54 Å². The SMILES string of the molecule is CC(CS(=O)(=O)N1CCOC(C#N)C1)c1ccccc1. The van der Waals surface area contributed by atoms with E-state index in [-0.39, 0.29) is 24.8 Å². The monoisotopic (exact) mass is 294 g/mol. The molecule has 0 amide bonds. The maximum absolute atomic E-state index is 12.4. The van der Waals surface area contributed by atoms with Crippen molar-refractivity contribution in [1.82, 2.24) is 4.31 Å². The van der Waals surface area contributed by atoms with Crippen LogP contribution in [-0.2, 0) is 14.8 Å². The Bertz CT molecular complexity index is 580. The van der Waals surface area contributed by atoms with Crippen LogP contribution >= 0.6 is 0 Å². The van der Waals surface area contributed by atoms with Crippen LogP contribution in [0.15, 0.2) is 30.3 Å². The van der Waals surface area contributed by atoms with E-state index >= 15 is 0 Å². The third kappa shape index (κ3) is 3.57. The number of ether oxygens (including phenoxy) is 1. The Labute approximate surface area is 119 Å². The summed E-state index contributed by atoms with van der Waals surface area (Å²) in [5, 5.41) is 8.84. The lowest BCUT2D eigenvalue weighted by molar-refractivity contribution is 0.0311. The minimum atomic E-state index is -3.37. The van der Waals surface area contributed by atoms with Gasteiger partial charge in [0.05, 0.1) is 25.0 Å². The predicted molar refractivity (Wildman–Crippen MR) is 75.6 cm³/mol. The summed E-state index contributed by atoms with van der Waals surface area (Å²) in [6.45, 7) is 2.62. The summed E-state index contributed by atoms with van der Waals surface area (Å²) in [6.07, 6.45) is -0.662. The lowest BCUT2D eigenvalue weighted by Crippen LogP contribution is -2.46. The zero-order chi connectivity index (χ0) is 14.6. The van der Waals surface area contributed by atoms with Gasteiger partial charge in [0.2, 0.25) is 10.0 Å². The fourth-order valence-corrected chi connectivity index (χ4v) is 4.01. The summed E-state index contributed by atoms with van der Waals surface area (Å²) in [5.74, 6) is -0.0283. The van der Waals surface area contributed by atoms with Crippen LogP contribution in [0.2, 0.25) is 0 Å². The normalized spacial score (nSPS) is 22.1. The van der Waals surface area contributed by atoms with Crippen molar-refractivity contribution >= 4 is 10.0 Å². The highest BCUT2D eigenvalue weighted by molar-refractivity contribution is 7.89. The Balaban J connectivity index is 2.06. The van der Waals surface area contributed by atoms with Crippen molar-refractivity contribution in [3.8, 4) is 6.07 Å². The van der Waals surface area contributed by atoms with Gasteiger partial charge in [-0.1, -0.05) is 37.3 Å². The third-order valence-corrected chi connectivity index (χ3v) is 5.44. The van der Waals surface area contributed by atoms with E-state index in [0.29, 0.717) is 6.54 Å². The van der Waals surface area contributed by atoms with Crippen molar-refractivity contribution in [2.24, 2.45) is 0 Å². The smallest absolute Gasteiger partial charge is 0.214 e. The molecule has 6 heteroatoms. The standard InChI is InChI=1S/C14H18N2O3S/c1-12(13-5-3-2-4-6-13)11-20(17,18)16-7-8-19-14(9-15)10-16/h2-6,12,14H,7-8,10-11H2,1H3. The number of nitrogens with zero attached hydrogens (tertiary/aromatic N) is 2. The fourth-order valence-electron chi connectivity index (χ4n) is 2.26. The molecule has 0 aliphatic carbocycles. The third-order valence-electron chi connectivity index (χ3n) is 3.40. The zero-order valence-corrected chi connectivity index (χ0v) is 12.2. The summed E-state index contributed by atoms with van der Waals surface area (Å²) in [5.41, 5.74) is 1.00. The zero-order valence-electron chi connectivity index (χ0n) is 11.4. The lowest BCUT2D eigenvalue weighted by Gasteiger charge is -2.29. The summed E-state index contributed by atoms with van der Waals surface area (Å²) in [6, 6.07) is 11.5. The fraction of sp³-hybridized carbons (Fsp3) is 0.500. The van der Waals surface area contributed by atoms with Crippen LogP contribution in [0.4, 0.5) is 0 Å². The first-order valence-electron chi connectivity index (χ1n) is 6.57. The molecule has 0 radical (unpaired) electrons. The van der Waals surface area contributed by atoms with Gasteiger partial charge in [-0.25, -0.2) is 8.42 Å². The number of morpholine rings is 1. The molecule has 0 bridgehead atoms. The number of rotatable bonds is 4. The summed E-state index contributed by atoms with van der Waals surface area (Å²) >= 11 is 0. The number of hydrogen-bond acceptors (Lipinski definition) is 4. The van der Waals surface area contributed by atoms with E-state index in [9.17, 15) is 8.42 Å². The van der Waals surface area contributed by atoms with Crippen LogP contribution in [0.25, 0.3) is 0 Å². The predicted octanol–water partition coefficient (Wildman–Crippen LogP) is 1.34. The first-order chi connectivity index (χ1) is 9.53. The van der Waals surface area contributed by atoms with Gasteiger partial charge in [0.25, 0.3) is 0 Å². The molecule has 1 aliphatic heterocycles. The van der Waals surface area contributed by atoms with E-state index in [1.807, 2.05) is 43.3 Å². The molecule has 1 aliphatic rings. The molecular weight excluding hydrogens is 276 g/mol. The van der Waals surface area contributed by atoms with Gasteiger partial charge in [0.1, 0.15) is 0 Å². The van der Waals surface area contributed by atoms with Gasteiger partial charge in [-0.2, -0.15) is 9.57 Å². The first-order valence-corrected chi connectivity index (χ1v) is 8.18. The maximum atomic E-state index is 12.4. The van der Waals surface area contributed by atoms with Crippen LogP contribution in [-0.4, -0.2) is 44.3 Å². The molecule has 20 heavy (non-hydrogen) atoms. The minimum Gasteiger partial charge on any atom is -0.361 e. The number of benzene rings is 1.